The van der Waals surface area contributed by atoms with Crippen LogP contribution in [0.3, 0.4) is 0 Å². The van der Waals surface area contributed by atoms with Crippen LogP contribution in [-0.4, -0.2) is 0 Å². The summed E-state index contributed by atoms with van der Waals surface area (Å²) in [5.41, 5.74) is 6.34. The highest BCUT2D eigenvalue weighted by Crippen LogP contribution is 2.12. The van der Waals surface area contributed by atoms with Crippen molar-refractivity contribution in [2.75, 3.05) is 5.73 Å². The number of hydrogen-bond acceptors (Lipinski definition) is 3. The zero-order chi connectivity index (χ0) is 9.42. The lowest BCUT2D eigenvalue weighted by Crippen LogP contribution is -2.37. The van der Waals surface area contributed by atoms with Crippen LogP contribution in [-0.2, 0) is 0 Å². The lowest BCUT2D eigenvalue weighted by Gasteiger charge is -2.03. The van der Waals surface area contributed by atoms with E-state index >= 15 is 0 Å². The van der Waals surface area contributed by atoms with E-state index in [4.69, 9.17) is 5.73 Å². The van der Waals surface area contributed by atoms with Crippen LogP contribution in [0.1, 0.15) is 0 Å². The molecule has 0 saturated heterocycles. The van der Waals surface area contributed by atoms with Crippen molar-refractivity contribution in [3.8, 4) is 0 Å². The quantitative estimate of drug-likeness (QED) is 0.340. The number of nitrogens with zero attached hydrogens (tertiary/aromatic N) is 2. The van der Waals surface area contributed by atoms with Crippen LogP contribution in [0, 0.1) is 10.4 Å². The Morgan fingerprint density at radius 2 is 1.77 bits per heavy atom. The number of aromatic nitrogens is 2. The first kappa shape index (κ1) is 7.60. The van der Waals surface area contributed by atoms with Gasteiger partial charge in [0, 0.05) is 6.07 Å². The van der Waals surface area contributed by atoms with Crippen LogP contribution in [0.15, 0.2) is 30.6 Å². The molecule has 66 valence electrons. The van der Waals surface area contributed by atoms with E-state index in [0.717, 1.165) is 12.4 Å². The first-order chi connectivity index (χ1) is 6.20. The predicted octanol–water partition coefficient (Wildman–Crippen LogP) is -0.311. The average molecular weight is 177 g/mol. The summed E-state index contributed by atoms with van der Waals surface area (Å²) in [7, 11) is 0. The third kappa shape index (κ3) is 1.01. The molecule has 0 aliphatic rings. The van der Waals surface area contributed by atoms with Gasteiger partial charge in [-0.1, -0.05) is 6.07 Å². The molecule has 0 amide bonds. The predicted molar refractivity (Wildman–Crippen MR) is 46.3 cm³/mol. The highest BCUT2D eigenvalue weighted by Gasteiger charge is 2.14. The number of anilines is 1. The maximum atomic E-state index is 11.2. The summed E-state index contributed by atoms with van der Waals surface area (Å²) in [5.74, 6) is 0. The number of nitrogen functional groups attached to an aromatic ring is 1. The Labute approximate surface area is 73.8 Å². The van der Waals surface area contributed by atoms with Crippen molar-refractivity contribution in [3.63, 3.8) is 0 Å². The van der Waals surface area contributed by atoms with Gasteiger partial charge in [-0.3, -0.25) is 0 Å². The number of para-hydroxylation sites is 1. The molecule has 0 unspecified atom stereocenters. The maximum absolute atomic E-state index is 11.2. The minimum atomic E-state index is 0.208. The van der Waals surface area contributed by atoms with E-state index in [0.29, 0.717) is 15.1 Å². The first-order valence-electron chi connectivity index (χ1n) is 3.69. The van der Waals surface area contributed by atoms with Crippen molar-refractivity contribution in [2.24, 2.45) is 0 Å². The minimum absolute atomic E-state index is 0.208. The molecule has 0 bridgehead atoms. The number of fused-ring (bicyclic) bond motifs is 1. The summed E-state index contributed by atoms with van der Waals surface area (Å²) in [6, 6.07) is 4.76. The molecule has 1 heterocycles. The van der Waals surface area contributed by atoms with Gasteiger partial charge in [-0.2, -0.15) is 9.46 Å². The fraction of sp³-hybridized carbons (Fsp3) is 0. The Morgan fingerprint density at radius 3 is 2.46 bits per heavy atom. The van der Waals surface area contributed by atoms with Gasteiger partial charge in [0.25, 0.3) is 5.52 Å². The molecular formula is C8H7N3O2. The smallest absolute Gasteiger partial charge is 0.313 e. The summed E-state index contributed by atoms with van der Waals surface area (Å²) >= 11 is 0. The number of rotatable bonds is 0. The maximum Gasteiger partial charge on any atom is 0.313 e. The minimum Gasteiger partial charge on any atom is -0.618 e. The summed E-state index contributed by atoms with van der Waals surface area (Å²) in [6.07, 6.45) is 2.28. The molecule has 1 aromatic heterocycles. The Bertz CT molecular complexity index is 462. The Kier molecular flexibility index (Phi) is 1.45. The Morgan fingerprint density at radius 1 is 1.08 bits per heavy atom. The number of benzene rings is 1. The molecule has 0 aliphatic heterocycles. The van der Waals surface area contributed by atoms with Crippen LogP contribution in [0.2, 0.25) is 0 Å². The zero-order valence-corrected chi connectivity index (χ0v) is 6.68. The molecule has 0 spiro atoms. The summed E-state index contributed by atoms with van der Waals surface area (Å²) in [4.78, 5) is 0. The molecule has 0 aliphatic carbocycles. The second-order valence-electron chi connectivity index (χ2n) is 2.66. The van der Waals surface area contributed by atoms with Gasteiger partial charge in [0.15, 0.2) is 0 Å². The van der Waals surface area contributed by atoms with Gasteiger partial charge >= 0.3 is 5.52 Å². The highest BCUT2D eigenvalue weighted by atomic mass is 16.5. The normalized spacial score (nSPS) is 10.5. The third-order valence-corrected chi connectivity index (χ3v) is 1.84. The van der Waals surface area contributed by atoms with Crippen LogP contribution in [0.25, 0.3) is 11.0 Å². The van der Waals surface area contributed by atoms with E-state index < -0.39 is 0 Å². The van der Waals surface area contributed by atoms with E-state index in [1.54, 1.807) is 18.2 Å². The molecule has 0 saturated carbocycles. The fourth-order valence-electron chi connectivity index (χ4n) is 1.24. The standard InChI is InChI=1S/C8H7N3O2/c9-6-2-1-3-7-8(6)11(13)5-4-10(7)12/h1-5H,9H2. The van der Waals surface area contributed by atoms with E-state index in [1.807, 2.05) is 0 Å². The second-order valence-corrected chi connectivity index (χ2v) is 2.66. The first-order valence-corrected chi connectivity index (χ1v) is 3.69. The van der Waals surface area contributed by atoms with Gasteiger partial charge < -0.3 is 16.1 Å². The van der Waals surface area contributed by atoms with Crippen molar-refractivity contribution in [1.29, 1.82) is 0 Å². The van der Waals surface area contributed by atoms with Gasteiger partial charge in [-0.25, -0.2) is 0 Å². The summed E-state index contributed by atoms with van der Waals surface area (Å²) in [5, 5.41) is 22.4. The molecule has 5 nitrogen and oxygen atoms in total. The van der Waals surface area contributed by atoms with E-state index in [-0.39, 0.29) is 11.0 Å². The molecule has 0 fully saturated rings. The largest absolute Gasteiger partial charge is 0.618 e. The van der Waals surface area contributed by atoms with Crippen molar-refractivity contribution in [1.82, 2.24) is 0 Å². The molecule has 0 radical (unpaired) electrons. The number of hydrogen-bond donors (Lipinski definition) is 1. The molecule has 2 aromatic rings. The fourth-order valence-corrected chi connectivity index (χ4v) is 1.24. The average Bonchev–Trinajstić information content (AvgIpc) is 2.12. The number of nitrogens with two attached hydrogens (primary N) is 1. The van der Waals surface area contributed by atoms with Crippen LogP contribution in [0.5, 0.6) is 0 Å². The van der Waals surface area contributed by atoms with E-state index in [2.05, 4.69) is 0 Å². The third-order valence-electron chi connectivity index (χ3n) is 1.84. The lowest BCUT2D eigenvalue weighted by atomic mass is 10.2. The molecule has 13 heavy (non-hydrogen) atoms. The highest BCUT2D eigenvalue weighted by molar-refractivity contribution is 5.81. The van der Waals surface area contributed by atoms with Crippen molar-refractivity contribution in [3.05, 3.63) is 41.0 Å². The lowest BCUT2D eigenvalue weighted by molar-refractivity contribution is -0.628. The van der Waals surface area contributed by atoms with Gasteiger partial charge in [-0.15, -0.1) is 0 Å². The van der Waals surface area contributed by atoms with Crippen molar-refractivity contribution >= 4 is 16.7 Å². The monoisotopic (exact) mass is 177 g/mol. The van der Waals surface area contributed by atoms with Crippen LogP contribution >= 0.6 is 0 Å². The SMILES string of the molecule is Nc1cccc2c1[n+]([O-])cc[n+]2[O-]. The summed E-state index contributed by atoms with van der Waals surface area (Å²) in [6.45, 7) is 0. The molecule has 1 aromatic carbocycles. The van der Waals surface area contributed by atoms with Crippen LogP contribution < -0.4 is 15.2 Å². The van der Waals surface area contributed by atoms with E-state index in [1.165, 1.54) is 0 Å². The van der Waals surface area contributed by atoms with Crippen molar-refractivity contribution in [2.45, 2.75) is 0 Å². The van der Waals surface area contributed by atoms with Crippen LogP contribution in [0.4, 0.5) is 5.69 Å². The Balaban J connectivity index is 3.00. The molecular weight excluding hydrogens is 170 g/mol. The van der Waals surface area contributed by atoms with Gasteiger partial charge in [0.2, 0.25) is 12.4 Å². The van der Waals surface area contributed by atoms with E-state index in [9.17, 15) is 10.4 Å². The van der Waals surface area contributed by atoms with Gasteiger partial charge in [0.05, 0.1) is 0 Å². The second kappa shape index (κ2) is 2.48. The zero-order valence-electron chi connectivity index (χ0n) is 6.68. The van der Waals surface area contributed by atoms with Gasteiger partial charge in [0.1, 0.15) is 5.69 Å². The summed E-state index contributed by atoms with van der Waals surface area (Å²) < 4.78 is 1.19. The Hall–Kier alpha value is -2.04. The van der Waals surface area contributed by atoms with Crippen molar-refractivity contribution < 1.29 is 9.46 Å². The topological polar surface area (TPSA) is 79.9 Å². The van der Waals surface area contributed by atoms with Gasteiger partial charge in [-0.05, 0) is 6.07 Å². The molecule has 0 atom stereocenters. The molecule has 2 N–H and O–H groups in total. The molecule has 5 heteroatoms. The molecule has 2 rings (SSSR count).